The van der Waals surface area contributed by atoms with Crippen LogP contribution in [0, 0.1) is 5.92 Å². The monoisotopic (exact) mass is 410 g/mol. The fourth-order valence-corrected chi connectivity index (χ4v) is 4.10. The second-order valence-corrected chi connectivity index (χ2v) is 8.36. The molecule has 1 fully saturated rings. The van der Waals surface area contributed by atoms with Crippen LogP contribution in [0.5, 0.6) is 5.75 Å². The molecule has 1 saturated heterocycles. The summed E-state index contributed by atoms with van der Waals surface area (Å²) in [6.45, 7) is 5.23. The Morgan fingerprint density at radius 1 is 1.14 bits per heavy atom. The van der Waals surface area contributed by atoms with Crippen LogP contribution in [0.2, 0.25) is 5.02 Å². The van der Waals surface area contributed by atoms with Crippen molar-refractivity contribution in [1.82, 2.24) is 9.78 Å². The minimum absolute atomic E-state index is 0.282. The van der Waals surface area contributed by atoms with Gasteiger partial charge in [-0.3, -0.25) is 0 Å². The third-order valence-corrected chi connectivity index (χ3v) is 5.91. The summed E-state index contributed by atoms with van der Waals surface area (Å²) in [5.74, 6) is 1.69. The van der Waals surface area contributed by atoms with E-state index < -0.39 is 0 Å². The summed E-state index contributed by atoms with van der Waals surface area (Å²) < 4.78 is 13.6. The van der Waals surface area contributed by atoms with Crippen molar-refractivity contribution in [2.24, 2.45) is 5.92 Å². The van der Waals surface area contributed by atoms with Gasteiger partial charge in [-0.15, -0.1) is 0 Å². The average Bonchev–Trinajstić information content (AvgIpc) is 3.19. The van der Waals surface area contributed by atoms with Crippen LogP contribution in [0.15, 0.2) is 54.6 Å². The zero-order chi connectivity index (χ0) is 20.4. The Morgan fingerprint density at radius 2 is 1.90 bits per heavy atom. The van der Waals surface area contributed by atoms with Gasteiger partial charge in [0.25, 0.3) is 0 Å². The van der Waals surface area contributed by atoms with Gasteiger partial charge in [0.1, 0.15) is 11.4 Å². The zero-order valence-corrected chi connectivity index (χ0v) is 17.9. The standard InChI is InChI=1S/C24H27ClN2O2/c1-16(2)24-14-18(12-13-29-24)20-15-22(17-8-10-19(25)11-9-17)27(26-20)21-6-4-5-7-23(21)28-3/h4-11,15-16,18,24H,12-14H2,1-3H3. The Bertz CT molecular complexity index is 965. The highest BCUT2D eigenvalue weighted by molar-refractivity contribution is 6.30. The predicted octanol–water partition coefficient (Wildman–Crippen LogP) is 6.12. The Kier molecular flexibility index (Phi) is 5.93. The second-order valence-electron chi connectivity index (χ2n) is 7.92. The summed E-state index contributed by atoms with van der Waals surface area (Å²) >= 11 is 6.12. The third-order valence-electron chi connectivity index (χ3n) is 5.66. The van der Waals surface area contributed by atoms with Gasteiger partial charge in [-0.25, -0.2) is 4.68 Å². The first-order valence-corrected chi connectivity index (χ1v) is 10.6. The first kappa shape index (κ1) is 20.0. The van der Waals surface area contributed by atoms with Crippen LogP contribution in [-0.4, -0.2) is 29.6 Å². The molecule has 2 atom stereocenters. The van der Waals surface area contributed by atoms with E-state index >= 15 is 0 Å². The summed E-state index contributed by atoms with van der Waals surface area (Å²) in [4.78, 5) is 0. The lowest BCUT2D eigenvalue weighted by atomic mass is 9.88. The van der Waals surface area contributed by atoms with Gasteiger partial charge in [0.15, 0.2) is 0 Å². The third kappa shape index (κ3) is 4.19. The van der Waals surface area contributed by atoms with Gasteiger partial charge in [0, 0.05) is 23.1 Å². The number of methoxy groups -OCH3 is 1. The van der Waals surface area contributed by atoms with Crippen LogP contribution in [0.3, 0.4) is 0 Å². The van der Waals surface area contributed by atoms with Crippen molar-refractivity contribution in [1.29, 1.82) is 0 Å². The lowest BCUT2D eigenvalue weighted by molar-refractivity contribution is -0.0207. The number of ether oxygens (including phenoxy) is 2. The normalized spacial score (nSPS) is 19.5. The number of para-hydroxylation sites is 2. The quantitative estimate of drug-likeness (QED) is 0.508. The molecule has 0 spiro atoms. The van der Waals surface area contributed by atoms with Gasteiger partial charge in [-0.05, 0) is 49.1 Å². The van der Waals surface area contributed by atoms with Gasteiger partial charge in [0.05, 0.1) is 24.6 Å². The van der Waals surface area contributed by atoms with Crippen molar-refractivity contribution in [2.75, 3.05) is 13.7 Å². The summed E-state index contributed by atoms with van der Waals surface area (Å²) in [6, 6.07) is 18.1. The number of rotatable bonds is 5. The van der Waals surface area contributed by atoms with Crippen LogP contribution in [0.1, 0.15) is 38.3 Å². The van der Waals surface area contributed by atoms with Crippen molar-refractivity contribution in [3.8, 4) is 22.7 Å². The molecule has 2 aromatic carbocycles. The van der Waals surface area contributed by atoms with E-state index in [2.05, 4.69) is 19.9 Å². The lowest BCUT2D eigenvalue weighted by Crippen LogP contribution is -2.29. The Balaban J connectivity index is 1.80. The molecule has 4 rings (SSSR count). The highest BCUT2D eigenvalue weighted by atomic mass is 35.5. The van der Waals surface area contributed by atoms with E-state index in [1.807, 2.05) is 53.2 Å². The summed E-state index contributed by atoms with van der Waals surface area (Å²) in [5.41, 5.74) is 4.15. The fourth-order valence-electron chi connectivity index (χ4n) is 3.97. The van der Waals surface area contributed by atoms with E-state index in [9.17, 15) is 0 Å². The van der Waals surface area contributed by atoms with E-state index in [-0.39, 0.29) is 6.10 Å². The fraction of sp³-hybridized carbons (Fsp3) is 0.375. The van der Waals surface area contributed by atoms with Crippen molar-refractivity contribution in [3.05, 3.63) is 65.3 Å². The van der Waals surface area contributed by atoms with Crippen LogP contribution < -0.4 is 4.74 Å². The number of benzene rings is 2. The molecule has 1 aliphatic rings. The van der Waals surface area contributed by atoms with E-state index in [1.54, 1.807) is 7.11 Å². The van der Waals surface area contributed by atoms with Crippen molar-refractivity contribution < 1.29 is 9.47 Å². The maximum Gasteiger partial charge on any atom is 0.144 e. The molecule has 0 saturated carbocycles. The summed E-state index contributed by atoms with van der Waals surface area (Å²) in [5, 5.41) is 5.78. The van der Waals surface area contributed by atoms with Gasteiger partial charge >= 0.3 is 0 Å². The number of hydrogen-bond donors (Lipinski definition) is 0. The topological polar surface area (TPSA) is 36.3 Å². The van der Waals surface area contributed by atoms with Crippen LogP contribution >= 0.6 is 11.6 Å². The van der Waals surface area contributed by atoms with Crippen LogP contribution in [0.25, 0.3) is 16.9 Å². The SMILES string of the molecule is COc1ccccc1-n1nc(C2CCOC(C(C)C)C2)cc1-c1ccc(Cl)cc1. The van der Waals surface area contributed by atoms with Crippen molar-refractivity contribution in [3.63, 3.8) is 0 Å². The highest BCUT2D eigenvalue weighted by Crippen LogP contribution is 2.36. The van der Waals surface area contributed by atoms with E-state index in [0.717, 1.165) is 52.9 Å². The van der Waals surface area contributed by atoms with Gasteiger partial charge < -0.3 is 9.47 Å². The number of nitrogens with zero attached hydrogens (tertiary/aromatic N) is 2. The number of hydrogen-bond acceptors (Lipinski definition) is 3. The van der Waals surface area contributed by atoms with Crippen LogP contribution in [0.4, 0.5) is 0 Å². The molecule has 4 nitrogen and oxygen atoms in total. The number of halogens is 1. The van der Waals surface area contributed by atoms with Gasteiger partial charge in [-0.2, -0.15) is 5.10 Å². The summed E-state index contributed by atoms with van der Waals surface area (Å²) in [6.07, 6.45) is 2.27. The van der Waals surface area contributed by atoms with Crippen LogP contribution in [-0.2, 0) is 4.74 Å². The van der Waals surface area contributed by atoms with Crippen molar-refractivity contribution >= 4 is 11.6 Å². The minimum Gasteiger partial charge on any atom is -0.494 e. The number of aromatic nitrogens is 2. The zero-order valence-electron chi connectivity index (χ0n) is 17.1. The molecule has 1 aromatic heterocycles. The molecule has 0 radical (unpaired) electrons. The molecule has 3 aromatic rings. The molecule has 29 heavy (non-hydrogen) atoms. The molecule has 0 amide bonds. The molecule has 0 bridgehead atoms. The van der Waals surface area contributed by atoms with E-state index in [1.165, 1.54) is 0 Å². The first-order valence-electron chi connectivity index (χ1n) is 10.2. The summed E-state index contributed by atoms with van der Waals surface area (Å²) in [7, 11) is 1.69. The van der Waals surface area contributed by atoms with Crippen molar-refractivity contribution in [2.45, 2.75) is 38.7 Å². The van der Waals surface area contributed by atoms with Gasteiger partial charge in [-0.1, -0.05) is 49.7 Å². The maximum absolute atomic E-state index is 6.12. The molecular weight excluding hydrogens is 384 g/mol. The molecule has 0 N–H and O–H groups in total. The highest BCUT2D eigenvalue weighted by Gasteiger charge is 2.28. The molecule has 5 heteroatoms. The molecule has 0 aliphatic carbocycles. The first-order chi connectivity index (χ1) is 14.1. The van der Waals surface area contributed by atoms with Gasteiger partial charge in [0.2, 0.25) is 0 Å². The van der Waals surface area contributed by atoms with E-state index in [0.29, 0.717) is 11.8 Å². The maximum atomic E-state index is 6.12. The minimum atomic E-state index is 0.282. The Labute approximate surface area is 177 Å². The molecule has 152 valence electrons. The average molecular weight is 411 g/mol. The Morgan fingerprint density at radius 3 is 2.62 bits per heavy atom. The molecule has 2 heterocycles. The predicted molar refractivity (Wildman–Crippen MR) is 117 cm³/mol. The smallest absolute Gasteiger partial charge is 0.144 e. The lowest BCUT2D eigenvalue weighted by Gasteiger charge is -2.31. The molecule has 2 unspecified atom stereocenters. The second kappa shape index (κ2) is 8.60. The molecular formula is C24H27ClN2O2. The van der Waals surface area contributed by atoms with E-state index in [4.69, 9.17) is 26.2 Å². The Hall–Kier alpha value is -2.30. The molecule has 1 aliphatic heterocycles. The largest absolute Gasteiger partial charge is 0.494 e.